The van der Waals surface area contributed by atoms with Gasteiger partial charge in [0.2, 0.25) is 21.8 Å². The van der Waals surface area contributed by atoms with Crippen molar-refractivity contribution in [1.82, 2.24) is 10.2 Å². The first-order chi connectivity index (χ1) is 16.7. The van der Waals surface area contributed by atoms with Gasteiger partial charge >= 0.3 is 0 Å². The number of aryl methyl sites for hydroxylation is 1. The van der Waals surface area contributed by atoms with E-state index in [0.717, 1.165) is 17.5 Å². The van der Waals surface area contributed by atoms with Crippen molar-refractivity contribution in [3.8, 4) is 0 Å². The van der Waals surface area contributed by atoms with E-state index in [1.807, 2.05) is 63.2 Å². The van der Waals surface area contributed by atoms with E-state index in [1.165, 1.54) is 10.6 Å². The number of carbonyl (C=O) groups excluding carboxylic acids is 2. The molecular weight excluding hydrogens is 462 g/mol. The Morgan fingerprint density at radius 3 is 2.11 bits per heavy atom. The van der Waals surface area contributed by atoms with Gasteiger partial charge in [-0.05, 0) is 55.9 Å². The summed E-state index contributed by atoms with van der Waals surface area (Å²) in [6, 6.07) is 16.7. The second kappa shape index (κ2) is 13.9. The van der Waals surface area contributed by atoms with Crippen LogP contribution >= 0.6 is 0 Å². The van der Waals surface area contributed by atoms with Gasteiger partial charge in [-0.15, -0.1) is 0 Å². The molecule has 0 aliphatic carbocycles. The van der Waals surface area contributed by atoms with E-state index < -0.39 is 16.1 Å². The third kappa shape index (κ3) is 8.69. The molecule has 1 atom stereocenters. The van der Waals surface area contributed by atoms with Gasteiger partial charge in [0, 0.05) is 26.1 Å². The van der Waals surface area contributed by atoms with Crippen LogP contribution in [0.15, 0.2) is 54.6 Å². The minimum Gasteiger partial charge on any atom is -0.355 e. The normalized spacial score (nSPS) is 12.1. The molecule has 35 heavy (non-hydrogen) atoms. The Kier molecular flexibility index (Phi) is 11.2. The zero-order valence-electron chi connectivity index (χ0n) is 21.4. The zero-order chi connectivity index (χ0) is 25.8. The number of nitrogens with zero attached hydrogens (tertiary/aromatic N) is 2. The number of anilines is 1. The second-order valence-electron chi connectivity index (χ2n) is 8.60. The van der Waals surface area contributed by atoms with Gasteiger partial charge in [0.05, 0.1) is 11.9 Å². The van der Waals surface area contributed by atoms with E-state index in [2.05, 4.69) is 5.32 Å². The molecule has 0 bridgehead atoms. The van der Waals surface area contributed by atoms with E-state index in [0.29, 0.717) is 38.0 Å². The third-order valence-corrected chi connectivity index (χ3v) is 7.20. The van der Waals surface area contributed by atoms with Gasteiger partial charge in [0.1, 0.15) is 6.04 Å². The molecule has 0 aliphatic rings. The number of nitrogens with one attached hydrogen (secondary N) is 1. The molecule has 192 valence electrons. The van der Waals surface area contributed by atoms with Gasteiger partial charge in [-0.25, -0.2) is 8.42 Å². The predicted molar refractivity (Wildman–Crippen MR) is 142 cm³/mol. The average molecular weight is 502 g/mol. The fourth-order valence-corrected chi connectivity index (χ4v) is 5.06. The van der Waals surface area contributed by atoms with Crippen molar-refractivity contribution < 1.29 is 18.0 Å². The van der Waals surface area contributed by atoms with Crippen molar-refractivity contribution >= 4 is 27.5 Å². The summed E-state index contributed by atoms with van der Waals surface area (Å²) in [6.07, 6.45) is 3.71. The summed E-state index contributed by atoms with van der Waals surface area (Å²) in [7, 11) is -3.50. The van der Waals surface area contributed by atoms with Crippen LogP contribution in [0.4, 0.5) is 5.69 Å². The predicted octanol–water partition coefficient (Wildman–Crippen LogP) is 3.78. The number of hydrogen-bond donors (Lipinski definition) is 1. The fourth-order valence-electron chi connectivity index (χ4n) is 4.09. The van der Waals surface area contributed by atoms with E-state index in [4.69, 9.17) is 0 Å². The summed E-state index contributed by atoms with van der Waals surface area (Å²) in [5, 5.41) is 2.83. The minimum atomic E-state index is -3.50. The van der Waals surface area contributed by atoms with Crippen LogP contribution in [0.1, 0.15) is 51.2 Å². The van der Waals surface area contributed by atoms with Gasteiger partial charge in [-0.2, -0.15) is 0 Å². The lowest BCUT2D eigenvalue weighted by molar-refractivity contribution is -0.140. The molecule has 2 rings (SSSR count). The topological polar surface area (TPSA) is 86.8 Å². The van der Waals surface area contributed by atoms with E-state index >= 15 is 0 Å². The number of likely N-dealkylation sites (N-methyl/N-ethyl adjacent to an activating group) is 1. The Labute approximate surface area is 210 Å². The maximum Gasteiger partial charge on any atom is 0.242 e. The first-order valence-electron chi connectivity index (χ1n) is 12.4. The molecule has 0 saturated heterocycles. The second-order valence-corrected chi connectivity index (χ2v) is 10.5. The quantitative estimate of drug-likeness (QED) is 0.427. The van der Waals surface area contributed by atoms with Crippen molar-refractivity contribution in [2.24, 2.45) is 0 Å². The van der Waals surface area contributed by atoms with Crippen LogP contribution in [0, 0.1) is 0 Å². The lowest BCUT2D eigenvalue weighted by Crippen LogP contribution is -2.50. The Balaban J connectivity index is 2.13. The van der Waals surface area contributed by atoms with Crippen LogP contribution in [0.3, 0.4) is 0 Å². The molecule has 0 unspecified atom stereocenters. The molecular formula is C27H39N3O4S. The van der Waals surface area contributed by atoms with Crippen molar-refractivity contribution in [2.75, 3.05) is 30.2 Å². The summed E-state index contributed by atoms with van der Waals surface area (Å²) in [6.45, 7) is 6.91. The Morgan fingerprint density at radius 2 is 1.57 bits per heavy atom. The molecule has 2 amide bonds. The maximum absolute atomic E-state index is 13.3. The van der Waals surface area contributed by atoms with Gasteiger partial charge in [0.25, 0.3) is 0 Å². The molecule has 0 spiro atoms. The third-order valence-electron chi connectivity index (χ3n) is 6.01. The Bertz CT molecular complexity index is 1040. The molecule has 0 heterocycles. The highest BCUT2D eigenvalue weighted by atomic mass is 32.2. The standard InChI is InChI=1S/C27H39N3O4S/c1-5-22-15-17-24(18-16-22)30(35(4,33)34)20-11-14-26(31)29(25(6-2)27(32)28-7-3)21-19-23-12-9-8-10-13-23/h8-10,12-13,15-18,25H,5-7,11,14,19-21H2,1-4H3,(H,28,32)/t25-/m0/s1. The van der Waals surface area contributed by atoms with Crippen molar-refractivity contribution in [3.05, 3.63) is 65.7 Å². The van der Waals surface area contributed by atoms with Gasteiger partial charge in [0.15, 0.2) is 0 Å². The summed E-state index contributed by atoms with van der Waals surface area (Å²) in [5.41, 5.74) is 2.81. The molecule has 2 aromatic carbocycles. The molecule has 0 aliphatic heterocycles. The fraction of sp³-hybridized carbons (Fsp3) is 0.481. The summed E-state index contributed by atoms with van der Waals surface area (Å²) in [4.78, 5) is 27.6. The van der Waals surface area contributed by atoms with Crippen LogP contribution in [-0.4, -0.2) is 57.1 Å². The van der Waals surface area contributed by atoms with Crippen molar-refractivity contribution in [3.63, 3.8) is 0 Å². The molecule has 8 heteroatoms. The smallest absolute Gasteiger partial charge is 0.242 e. The van der Waals surface area contributed by atoms with Crippen molar-refractivity contribution in [2.45, 2.75) is 58.9 Å². The monoisotopic (exact) mass is 501 g/mol. The highest BCUT2D eigenvalue weighted by Gasteiger charge is 2.28. The molecule has 0 saturated carbocycles. The Morgan fingerprint density at radius 1 is 0.914 bits per heavy atom. The molecule has 0 radical (unpaired) electrons. The number of amides is 2. The highest BCUT2D eigenvalue weighted by molar-refractivity contribution is 7.92. The van der Waals surface area contributed by atoms with E-state index in [1.54, 1.807) is 17.0 Å². The van der Waals surface area contributed by atoms with Crippen LogP contribution < -0.4 is 9.62 Å². The minimum absolute atomic E-state index is 0.145. The first-order valence-corrected chi connectivity index (χ1v) is 14.2. The van der Waals surface area contributed by atoms with Gasteiger partial charge in [-0.3, -0.25) is 13.9 Å². The number of benzene rings is 2. The molecule has 2 aromatic rings. The SMILES string of the molecule is CCNC(=O)[C@H](CC)N(CCc1ccccc1)C(=O)CCCN(c1ccc(CC)cc1)S(C)(=O)=O. The maximum atomic E-state index is 13.3. The molecule has 1 N–H and O–H groups in total. The van der Waals surface area contributed by atoms with Crippen LogP contribution in [0.5, 0.6) is 0 Å². The number of hydrogen-bond acceptors (Lipinski definition) is 4. The summed E-state index contributed by atoms with van der Waals surface area (Å²) in [5.74, 6) is -0.306. The Hall–Kier alpha value is -2.87. The van der Waals surface area contributed by atoms with Gasteiger partial charge in [-0.1, -0.05) is 56.3 Å². The number of carbonyl (C=O) groups is 2. The summed E-state index contributed by atoms with van der Waals surface area (Å²) >= 11 is 0. The van der Waals surface area contributed by atoms with Crippen LogP contribution in [-0.2, 0) is 32.5 Å². The number of sulfonamides is 1. The van der Waals surface area contributed by atoms with Crippen LogP contribution in [0.2, 0.25) is 0 Å². The number of rotatable bonds is 14. The lowest BCUT2D eigenvalue weighted by Gasteiger charge is -2.31. The molecule has 0 fully saturated rings. The molecule has 7 nitrogen and oxygen atoms in total. The summed E-state index contributed by atoms with van der Waals surface area (Å²) < 4.78 is 26.2. The first kappa shape index (κ1) is 28.4. The van der Waals surface area contributed by atoms with Gasteiger partial charge < -0.3 is 10.2 Å². The average Bonchev–Trinajstić information content (AvgIpc) is 2.84. The zero-order valence-corrected chi connectivity index (χ0v) is 22.2. The molecule has 0 aromatic heterocycles. The van der Waals surface area contributed by atoms with Crippen molar-refractivity contribution in [1.29, 1.82) is 0 Å². The van der Waals surface area contributed by atoms with E-state index in [-0.39, 0.29) is 24.8 Å². The van der Waals surface area contributed by atoms with Crippen LogP contribution in [0.25, 0.3) is 0 Å². The largest absolute Gasteiger partial charge is 0.355 e. The highest BCUT2D eigenvalue weighted by Crippen LogP contribution is 2.20. The lowest BCUT2D eigenvalue weighted by atomic mass is 10.1. The van der Waals surface area contributed by atoms with E-state index in [9.17, 15) is 18.0 Å².